The molecular formula is C17H16F6N4O4S. The molecule has 0 aliphatic rings. The Morgan fingerprint density at radius 2 is 1.56 bits per heavy atom. The summed E-state index contributed by atoms with van der Waals surface area (Å²) in [5.74, 6) is -3.00. The van der Waals surface area contributed by atoms with E-state index in [1.54, 1.807) is 12.1 Å². The van der Waals surface area contributed by atoms with Crippen LogP contribution >= 0.6 is 0 Å². The molecule has 2 aromatic rings. The number of nitrogens with two attached hydrogens (primary N) is 2. The molecule has 0 fully saturated rings. The molecular weight excluding hydrogens is 470 g/mol. The monoisotopic (exact) mass is 486 g/mol. The number of hydrogen-bond donors (Lipinski definition) is 4. The van der Waals surface area contributed by atoms with Crippen LogP contribution in [0.2, 0.25) is 0 Å². The van der Waals surface area contributed by atoms with E-state index in [1.165, 1.54) is 12.1 Å². The highest BCUT2D eigenvalue weighted by atomic mass is 32.2. The average Bonchev–Trinajstić information content (AvgIpc) is 2.65. The fraction of sp³-hybridized carbons (Fsp3) is 0.176. The van der Waals surface area contributed by atoms with E-state index in [0.717, 1.165) is 18.2 Å². The summed E-state index contributed by atoms with van der Waals surface area (Å²) in [6.07, 6.45) is -9.82. The van der Waals surface area contributed by atoms with Gasteiger partial charge in [-0.3, -0.25) is 21.2 Å². The molecule has 0 aliphatic heterocycles. The Labute approximate surface area is 177 Å². The van der Waals surface area contributed by atoms with Crippen LogP contribution in [0.5, 0.6) is 0 Å². The van der Waals surface area contributed by atoms with Gasteiger partial charge >= 0.3 is 18.3 Å². The van der Waals surface area contributed by atoms with Gasteiger partial charge in [0.2, 0.25) is 0 Å². The first-order chi connectivity index (χ1) is 14.5. The van der Waals surface area contributed by atoms with Gasteiger partial charge in [-0.15, -0.1) is 0 Å². The van der Waals surface area contributed by atoms with Crippen molar-refractivity contribution in [1.82, 2.24) is 0 Å². The van der Waals surface area contributed by atoms with Crippen molar-refractivity contribution < 1.29 is 49.7 Å². The zero-order valence-electron chi connectivity index (χ0n) is 15.8. The van der Waals surface area contributed by atoms with Crippen molar-refractivity contribution in [3.05, 3.63) is 59.7 Å². The van der Waals surface area contributed by atoms with E-state index in [9.17, 15) is 34.8 Å². The van der Waals surface area contributed by atoms with Gasteiger partial charge in [-0.25, -0.2) is 8.42 Å². The van der Waals surface area contributed by atoms with Crippen molar-refractivity contribution in [3.63, 3.8) is 0 Å². The molecule has 0 amide bonds. The van der Waals surface area contributed by atoms with Crippen LogP contribution in [0.15, 0.2) is 53.4 Å². The van der Waals surface area contributed by atoms with E-state index in [-0.39, 0.29) is 18.2 Å². The topological polar surface area (TPSA) is 152 Å². The highest BCUT2D eigenvalue weighted by molar-refractivity contribution is 7.92. The summed E-state index contributed by atoms with van der Waals surface area (Å²) in [6, 6.07) is 9.80. The molecule has 8 nitrogen and oxygen atoms in total. The second-order valence-electron chi connectivity index (χ2n) is 5.93. The molecule has 2 rings (SSSR count). The normalized spacial score (nSPS) is 11.7. The number of guanidine groups is 1. The fourth-order valence-electron chi connectivity index (χ4n) is 2.00. The third-order valence-electron chi connectivity index (χ3n) is 3.38. The van der Waals surface area contributed by atoms with Gasteiger partial charge < -0.3 is 9.90 Å². The number of alkyl halides is 6. The van der Waals surface area contributed by atoms with E-state index >= 15 is 0 Å². The van der Waals surface area contributed by atoms with Crippen LogP contribution < -0.4 is 26.3 Å². The number of halogens is 6. The van der Waals surface area contributed by atoms with Gasteiger partial charge in [-0.1, -0.05) is 18.2 Å². The largest absolute Gasteiger partial charge is 0.542 e. The van der Waals surface area contributed by atoms with Crippen molar-refractivity contribution in [2.24, 2.45) is 11.5 Å². The standard InChI is InChI=1S/C15H15F3N4O2S.C2HF3O2/c16-15(17,18)11-4-2-6-13(8-11)25(23,24)22-12-5-1-3-10(7-12)9-21-14(19)20;3-2(4,5)1(6)7/h1-8,22H,9H2,(H4,19,20,21);(H,6,7). The summed E-state index contributed by atoms with van der Waals surface area (Å²) >= 11 is 0. The van der Waals surface area contributed by atoms with E-state index in [2.05, 4.69) is 9.71 Å². The third kappa shape index (κ3) is 8.71. The Balaban J connectivity index is 0.000000633. The molecule has 32 heavy (non-hydrogen) atoms. The lowest BCUT2D eigenvalue weighted by atomic mass is 10.2. The number of rotatable bonds is 5. The summed E-state index contributed by atoms with van der Waals surface area (Å²) in [4.78, 5) is 11.0. The molecule has 0 spiro atoms. The van der Waals surface area contributed by atoms with E-state index in [0.29, 0.717) is 11.6 Å². The number of nitrogens with one attached hydrogen (secondary N) is 2. The number of carboxylic acids is 1. The number of anilines is 1. The van der Waals surface area contributed by atoms with Crippen molar-refractivity contribution in [2.45, 2.75) is 23.8 Å². The first-order valence-corrected chi connectivity index (χ1v) is 9.69. The molecule has 2 aromatic carbocycles. The van der Waals surface area contributed by atoms with Crippen LogP contribution in [0.1, 0.15) is 11.1 Å². The minimum Gasteiger partial charge on any atom is -0.542 e. The molecule has 0 aliphatic carbocycles. The second-order valence-corrected chi connectivity index (χ2v) is 7.61. The van der Waals surface area contributed by atoms with Gasteiger partial charge in [0, 0.05) is 5.69 Å². The highest BCUT2D eigenvalue weighted by Gasteiger charge is 2.31. The number of carbonyl (C=O) groups excluding carboxylic acids is 1. The average molecular weight is 486 g/mol. The summed E-state index contributed by atoms with van der Waals surface area (Å²) in [5, 5.41) is 8.78. The maximum Gasteiger partial charge on any atom is 0.430 e. The molecule has 15 heteroatoms. The van der Waals surface area contributed by atoms with Crippen LogP contribution in [0.25, 0.3) is 0 Å². The third-order valence-corrected chi connectivity index (χ3v) is 4.76. The molecule has 0 heterocycles. The quantitative estimate of drug-likeness (QED) is 0.258. The van der Waals surface area contributed by atoms with Gasteiger partial charge in [0.15, 0.2) is 0 Å². The number of aliphatic carboxylic acids is 1. The number of benzene rings is 2. The molecule has 0 bridgehead atoms. The van der Waals surface area contributed by atoms with Crippen molar-refractivity contribution in [3.8, 4) is 0 Å². The fourth-order valence-corrected chi connectivity index (χ4v) is 3.10. The van der Waals surface area contributed by atoms with Gasteiger partial charge in [0.1, 0.15) is 5.97 Å². The maximum atomic E-state index is 12.7. The first kappa shape index (κ1) is 26.5. The SMILES string of the molecule is NC(N)=[NH+]Cc1cccc(NS(=O)(=O)c2cccc(C(F)(F)F)c2)c1.O=C([O-])C(F)(F)F. The van der Waals surface area contributed by atoms with Crippen molar-refractivity contribution in [1.29, 1.82) is 0 Å². The summed E-state index contributed by atoms with van der Waals surface area (Å²) in [5.41, 5.74) is 10.4. The van der Waals surface area contributed by atoms with Crippen LogP contribution in [-0.2, 0) is 27.5 Å². The van der Waals surface area contributed by atoms with Crippen molar-refractivity contribution >= 4 is 27.6 Å². The lowest BCUT2D eigenvalue weighted by Gasteiger charge is -2.11. The molecule has 0 aromatic heterocycles. The molecule has 0 radical (unpaired) electrons. The summed E-state index contributed by atoms with van der Waals surface area (Å²) < 4.78 is 96.7. The van der Waals surface area contributed by atoms with Crippen LogP contribution in [0.4, 0.5) is 32.0 Å². The summed E-state index contributed by atoms with van der Waals surface area (Å²) in [7, 11) is -4.17. The minimum absolute atomic E-state index is 0.00921. The summed E-state index contributed by atoms with van der Waals surface area (Å²) in [6.45, 7) is 0.265. The molecule has 0 saturated carbocycles. The highest BCUT2D eigenvalue weighted by Crippen LogP contribution is 2.30. The Bertz CT molecular complexity index is 1080. The second kappa shape index (κ2) is 10.2. The maximum absolute atomic E-state index is 12.7. The Hall–Kier alpha value is -3.49. The van der Waals surface area contributed by atoms with Crippen molar-refractivity contribution in [2.75, 3.05) is 4.72 Å². The Morgan fingerprint density at radius 3 is 2.06 bits per heavy atom. The van der Waals surface area contributed by atoms with E-state index in [4.69, 9.17) is 21.4 Å². The van der Waals surface area contributed by atoms with Gasteiger partial charge in [-0.2, -0.15) is 26.3 Å². The lowest BCUT2D eigenvalue weighted by molar-refractivity contribution is -0.477. The van der Waals surface area contributed by atoms with Gasteiger partial charge in [0.25, 0.3) is 10.0 Å². The van der Waals surface area contributed by atoms with Crippen LogP contribution in [0.3, 0.4) is 0 Å². The number of carbonyl (C=O) groups is 1. The number of hydrogen-bond acceptors (Lipinski definition) is 4. The minimum atomic E-state index is -5.19. The molecule has 0 atom stereocenters. The predicted molar refractivity (Wildman–Crippen MR) is 97.8 cm³/mol. The van der Waals surface area contributed by atoms with Gasteiger partial charge in [0.05, 0.1) is 17.0 Å². The van der Waals surface area contributed by atoms with E-state index < -0.39 is 38.8 Å². The zero-order valence-corrected chi connectivity index (χ0v) is 16.6. The van der Waals surface area contributed by atoms with E-state index in [1.807, 2.05) is 0 Å². The number of carboxylic acid groups (broad SMARTS) is 1. The zero-order chi connectivity index (χ0) is 24.7. The predicted octanol–water partition coefficient (Wildman–Crippen LogP) is -0.341. The molecule has 0 unspecified atom stereocenters. The lowest BCUT2D eigenvalue weighted by Crippen LogP contribution is -2.76. The Kier molecular flexibility index (Phi) is 8.47. The molecule has 176 valence electrons. The molecule has 0 saturated heterocycles. The number of sulfonamides is 1. The van der Waals surface area contributed by atoms with Gasteiger partial charge in [-0.05, 0) is 35.9 Å². The smallest absolute Gasteiger partial charge is 0.430 e. The Morgan fingerprint density at radius 1 is 1.00 bits per heavy atom. The van der Waals surface area contributed by atoms with Crippen LogP contribution in [-0.4, -0.2) is 26.5 Å². The molecule has 6 N–H and O–H groups in total. The van der Waals surface area contributed by atoms with Crippen LogP contribution in [0, 0.1) is 0 Å². The first-order valence-electron chi connectivity index (χ1n) is 8.21.